The topological polar surface area (TPSA) is 72.1 Å². The highest BCUT2D eigenvalue weighted by Crippen LogP contribution is 2.41. The van der Waals surface area contributed by atoms with Crippen LogP contribution in [0.5, 0.6) is 11.6 Å². The van der Waals surface area contributed by atoms with Crippen LogP contribution in [0.25, 0.3) is 4.96 Å². The molecule has 1 aromatic carbocycles. The second-order valence-corrected chi connectivity index (χ2v) is 8.27. The minimum absolute atomic E-state index is 0.0988. The van der Waals surface area contributed by atoms with Gasteiger partial charge in [0.15, 0.2) is 0 Å². The first-order chi connectivity index (χ1) is 13.5. The lowest BCUT2D eigenvalue weighted by atomic mass is 10.0. The molecule has 0 radical (unpaired) electrons. The molecule has 0 aliphatic carbocycles. The van der Waals surface area contributed by atoms with Gasteiger partial charge < -0.3 is 14.6 Å². The molecule has 1 N–H and O–H groups in total. The highest BCUT2D eigenvalue weighted by Gasteiger charge is 2.34. The third kappa shape index (κ3) is 3.59. The Labute approximate surface area is 168 Å². The van der Waals surface area contributed by atoms with E-state index < -0.39 is 0 Å². The molecule has 1 aliphatic heterocycles. The van der Waals surface area contributed by atoms with E-state index in [1.807, 2.05) is 26.0 Å². The molecule has 0 amide bonds. The SMILES string of the molecule is CCOc1ccc([C@H](c2sc3nc(C)nn3c2O)N2C[C@@H](C)O[C@@H](C)C2)cc1. The lowest BCUT2D eigenvalue weighted by molar-refractivity contribution is -0.0764. The summed E-state index contributed by atoms with van der Waals surface area (Å²) in [6.07, 6.45) is 0.251. The largest absolute Gasteiger partial charge is 0.494 e. The first-order valence-electron chi connectivity index (χ1n) is 9.63. The normalized spacial score (nSPS) is 21.9. The number of hydrogen-bond donors (Lipinski definition) is 1. The number of morpholine rings is 1. The van der Waals surface area contributed by atoms with Gasteiger partial charge in [0.1, 0.15) is 11.6 Å². The average Bonchev–Trinajstić information content (AvgIpc) is 3.14. The van der Waals surface area contributed by atoms with Crippen molar-refractivity contribution in [1.29, 1.82) is 0 Å². The van der Waals surface area contributed by atoms with Crippen LogP contribution in [0, 0.1) is 6.92 Å². The Morgan fingerprint density at radius 2 is 1.93 bits per heavy atom. The second-order valence-electron chi connectivity index (χ2n) is 7.26. The van der Waals surface area contributed by atoms with E-state index in [1.165, 1.54) is 15.9 Å². The van der Waals surface area contributed by atoms with E-state index >= 15 is 0 Å². The van der Waals surface area contributed by atoms with Crippen LogP contribution >= 0.6 is 11.3 Å². The molecule has 0 spiro atoms. The van der Waals surface area contributed by atoms with Gasteiger partial charge in [0, 0.05) is 13.1 Å². The minimum Gasteiger partial charge on any atom is -0.494 e. The van der Waals surface area contributed by atoms with Gasteiger partial charge in [0.2, 0.25) is 10.8 Å². The highest BCUT2D eigenvalue weighted by molar-refractivity contribution is 7.17. The Kier molecular flexibility index (Phi) is 5.27. The Morgan fingerprint density at radius 3 is 2.54 bits per heavy atom. The molecule has 2 aromatic heterocycles. The predicted molar refractivity (Wildman–Crippen MR) is 108 cm³/mol. The van der Waals surface area contributed by atoms with Gasteiger partial charge in [-0.15, -0.1) is 5.10 Å². The van der Waals surface area contributed by atoms with E-state index in [9.17, 15) is 5.11 Å². The van der Waals surface area contributed by atoms with Crippen LogP contribution < -0.4 is 4.74 Å². The number of rotatable bonds is 5. The first-order valence-corrected chi connectivity index (χ1v) is 10.4. The molecule has 1 fully saturated rings. The van der Waals surface area contributed by atoms with Crippen LogP contribution in [0.2, 0.25) is 0 Å². The van der Waals surface area contributed by atoms with E-state index in [2.05, 4.69) is 41.0 Å². The fraction of sp³-hybridized carbons (Fsp3) is 0.500. The van der Waals surface area contributed by atoms with E-state index in [1.54, 1.807) is 0 Å². The standard InChI is InChI=1S/C20H26N4O3S/c1-5-26-16-8-6-15(7-9-16)17(23-10-12(2)27-13(3)11-23)18-19(25)24-20(28-18)21-14(4)22-24/h6-9,12-13,17,25H,5,10-11H2,1-4H3/t12-,13+,17-/m1/s1. The number of benzene rings is 1. The van der Waals surface area contributed by atoms with Gasteiger partial charge in [0.25, 0.3) is 0 Å². The van der Waals surface area contributed by atoms with Crippen molar-refractivity contribution in [3.05, 3.63) is 40.5 Å². The van der Waals surface area contributed by atoms with Crippen LogP contribution in [0.4, 0.5) is 0 Å². The van der Waals surface area contributed by atoms with Gasteiger partial charge in [-0.3, -0.25) is 4.90 Å². The van der Waals surface area contributed by atoms with E-state index in [0.29, 0.717) is 17.4 Å². The number of aromatic nitrogens is 3. The van der Waals surface area contributed by atoms with Crippen LogP contribution in [0.3, 0.4) is 0 Å². The van der Waals surface area contributed by atoms with E-state index in [-0.39, 0.29) is 24.1 Å². The van der Waals surface area contributed by atoms with Crippen molar-refractivity contribution in [2.24, 2.45) is 0 Å². The number of thiazole rings is 1. The monoisotopic (exact) mass is 402 g/mol. The average molecular weight is 403 g/mol. The highest BCUT2D eigenvalue weighted by atomic mass is 32.1. The fourth-order valence-corrected chi connectivity index (χ4v) is 5.06. The molecule has 3 atom stereocenters. The Bertz CT molecular complexity index is 942. The summed E-state index contributed by atoms with van der Waals surface area (Å²) in [5.74, 6) is 1.65. The second kappa shape index (κ2) is 7.69. The molecular weight excluding hydrogens is 376 g/mol. The molecule has 7 nitrogen and oxygen atoms in total. The third-order valence-electron chi connectivity index (χ3n) is 4.87. The smallest absolute Gasteiger partial charge is 0.230 e. The summed E-state index contributed by atoms with van der Waals surface area (Å²) in [5.41, 5.74) is 1.10. The lowest BCUT2D eigenvalue weighted by Crippen LogP contribution is -2.47. The maximum absolute atomic E-state index is 10.9. The summed E-state index contributed by atoms with van der Waals surface area (Å²) < 4.78 is 13.1. The number of aromatic hydroxyl groups is 1. The van der Waals surface area contributed by atoms with Crippen LogP contribution in [-0.2, 0) is 4.74 Å². The fourth-order valence-electron chi connectivity index (χ4n) is 3.90. The molecule has 0 saturated carbocycles. The lowest BCUT2D eigenvalue weighted by Gasteiger charge is -2.40. The van der Waals surface area contributed by atoms with Gasteiger partial charge in [0.05, 0.1) is 29.7 Å². The summed E-state index contributed by atoms with van der Waals surface area (Å²) in [6, 6.07) is 8.01. The molecule has 1 saturated heterocycles. The van der Waals surface area contributed by atoms with Gasteiger partial charge in [-0.2, -0.15) is 4.52 Å². The zero-order chi connectivity index (χ0) is 19.8. The van der Waals surface area contributed by atoms with Crippen molar-refractivity contribution in [2.75, 3.05) is 19.7 Å². The number of nitrogens with zero attached hydrogens (tertiary/aromatic N) is 4. The van der Waals surface area contributed by atoms with Gasteiger partial charge in [-0.1, -0.05) is 23.5 Å². The maximum Gasteiger partial charge on any atom is 0.230 e. The molecule has 3 heterocycles. The quantitative estimate of drug-likeness (QED) is 0.705. The van der Waals surface area contributed by atoms with Gasteiger partial charge >= 0.3 is 0 Å². The van der Waals surface area contributed by atoms with Crippen LogP contribution in [-0.4, -0.2) is 56.5 Å². The van der Waals surface area contributed by atoms with Crippen LogP contribution in [0.15, 0.2) is 24.3 Å². The van der Waals surface area contributed by atoms with Crippen molar-refractivity contribution < 1.29 is 14.6 Å². The van der Waals surface area contributed by atoms with Gasteiger partial charge in [-0.05, 0) is 45.4 Å². The number of fused-ring (bicyclic) bond motifs is 1. The zero-order valence-electron chi connectivity index (χ0n) is 16.6. The molecule has 1 aliphatic rings. The van der Waals surface area contributed by atoms with Gasteiger partial charge in [-0.25, -0.2) is 4.98 Å². The molecule has 28 heavy (non-hydrogen) atoms. The Morgan fingerprint density at radius 1 is 1.25 bits per heavy atom. The first kappa shape index (κ1) is 19.2. The predicted octanol–water partition coefficient (Wildman–Crippen LogP) is 3.40. The number of hydrogen-bond acceptors (Lipinski definition) is 7. The molecule has 150 valence electrons. The van der Waals surface area contributed by atoms with Crippen molar-refractivity contribution in [3.8, 4) is 11.6 Å². The summed E-state index contributed by atoms with van der Waals surface area (Å²) in [7, 11) is 0. The van der Waals surface area contributed by atoms with Crippen molar-refractivity contribution in [2.45, 2.75) is 45.9 Å². The number of ether oxygens (including phenoxy) is 2. The summed E-state index contributed by atoms with van der Waals surface area (Å²) in [4.78, 5) is 8.35. The van der Waals surface area contributed by atoms with Crippen molar-refractivity contribution in [1.82, 2.24) is 19.5 Å². The Hall–Kier alpha value is -2.16. The summed E-state index contributed by atoms with van der Waals surface area (Å²) in [6.45, 7) is 10.2. The zero-order valence-corrected chi connectivity index (χ0v) is 17.4. The molecule has 4 rings (SSSR count). The van der Waals surface area contributed by atoms with Crippen molar-refractivity contribution >= 4 is 16.3 Å². The van der Waals surface area contributed by atoms with E-state index in [0.717, 1.165) is 29.3 Å². The minimum atomic E-state index is -0.0988. The summed E-state index contributed by atoms with van der Waals surface area (Å²) in [5, 5.41) is 15.2. The Balaban J connectivity index is 1.78. The molecule has 0 unspecified atom stereocenters. The van der Waals surface area contributed by atoms with Crippen LogP contribution in [0.1, 0.15) is 43.1 Å². The summed E-state index contributed by atoms with van der Waals surface area (Å²) >= 11 is 1.48. The van der Waals surface area contributed by atoms with Crippen molar-refractivity contribution in [3.63, 3.8) is 0 Å². The molecule has 3 aromatic rings. The maximum atomic E-state index is 10.9. The molecular formula is C20H26N4O3S. The third-order valence-corrected chi connectivity index (χ3v) is 5.95. The van der Waals surface area contributed by atoms with E-state index in [4.69, 9.17) is 9.47 Å². The molecule has 0 bridgehead atoms. The molecule has 8 heteroatoms. The number of aryl methyl sites for hydroxylation is 1.